The molecule has 1 aliphatic rings. The van der Waals surface area contributed by atoms with Crippen LogP contribution in [0.25, 0.3) is 0 Å². The van der Waals surface area contributed by atoms with Crippen molar-refractivity contribution < 1.29 is 9.53 Å². The van der Waals surface area contributed by atoms with Gasteiger partial charge in [0.2, 0.25) is 0 Å². The molecular formula is C16H23ClO2. The van der Waals surface area contributed by atoms with Gasteiger partial charge in [-0.3, -0.25) is 4.79 Å². The summed E-state index contributed by atoms with van der Waals surface area (Å²) < 4.78 is 3.86. The third-order valence-corrected chi connectivity index (χ3v) is 4.10. The minimum atomic E-state index is 0.375. The molecule has 3 heteroatoms. The first kappa shape index (κ1) is 16.0. The average Bonchev–Trinajstić information content (AvgIpc) is 2.65. The Labute approximate surface area is 121 Å². The van der Waals surface area contributed by atoms with E-state index in [4.69, 9.17) is 16.4 Å². The fourth-order valence-corrected chi connectivity index (χ4v) is 2.78. The van der Waals surface area contributed by atoms with Gasteiger partial charge in [-0.15, -0.1) is 0 Å². The normalized spacial score (nSPS) is 17.6. The van der Waals surface area contributed by atoms with Crippen LogP contribution in [0, 0.1) is 0 Å². The summed E-state index contributed by atoms with van der Waals surface area (Å²) in [5.74, 6) is 0. The van der Waals surface area contributed by atoms with Gasteiger partial charge in [-0.2, -0.15) is 0 Å². The van der Waals surface area contributed by atoms with Crippen molar-refractivity contribution in [2.45, 2.75) is 50.9 Å². The molecule has 1 aliphatic carbocycles. The Morgan fingerprint density at radius 3 is 2.00 bits per heavy atom. The van der Waals surface area contributed by atoms with Crippen LogP contribution in [0.2, 0.25) is 5.02 Å². The number of rotatable bonds is 2. The van der Waals surface area contributed by atoms with E-state index in [2.05, 4.69) is 23.8 Å². The predicted octanol–water partition coefficient (Wildman–Crippen LogP) is 4.74. The standard InChI is InChI=1S/C14H19Cl.C2H4O2/c1-14(10-4-2-3-5-11-14)12-6-8-13(15)9-7-12;1-4-2-3/h6-9H,2-5,10-11H2,1H3;2H,1H3. The van der Waals surface area contributed by atoms with Gasteiger partial charge in [0.15, 0.2) is 0 Å². The van der Waals surface area contributed by atoms with E-state index in [0.29, 0.717) is 11.9 Å². The molecule has 0 aliphatic heterocycles. The molecule has 0 atom stereocenters. The summed E-state index contributed by atoms with van der Waals surface area (Å²) in [6.07, 6.45) is 8.22. The molecule has 0 saturated heterocycles. The van der Waals surface area contributed by atoms with Gasteiger partial charge in [0.25, 0.3) is 6.47 Å². The fraction of sp³-hybridized carbons (Fsp3) is 0.562. The van der Waals surface area contributed by atoms with Gasteiger partial charge in [0.05, 0.1) is 7.11 Å². The Morgan fingerprint density at radius 2 is 1.58 bits per heavy atom. The Morgan fingerprint density at radius 1 is 1.11 bits per heavy atom. The van der Waals surface area contributed by atoms with Crippen molar-refractivity contribution >= 4 is 18.1 Å². The number of carbonyl (C=O) groups excluding carboxylic acids is 1. The molecule has 0 heterocycles. The van der Waals surface area contributed by atoms with E-state index >= 15 is 0 Å². The van der Waals surface area contributed by atoms with Crippen LogP contribution in [0.3, 0.4) is 0 Å². The lowest BCUT2D eigenvalue weighted by molar-refractivity contribution is -0.126. The van der Waals surface area contributed by atoms with Crippen molar-refractivity contribution in [3.8, 4) is 0 Å². The van der Waals surface area contributed by atoms with Crippen LogP contribution in [0.1, 0.15) is 51.0 Å². The molecule has 0 radical (unpaired) electrons. The van der Waals surface area contributed by atoms with Crippen molar-refractivity contribution in [3.63, 3.8) is 0 Å². The minimum absolute atomic E-state index is 0.375. The van der Waals surface area contributed by atoms with Crippen LogP contribution < -0.4 is 0 Å². The van der Waals surface area contributed by atoms with Crippen molar-refractivity contribution in [3.05, 3.63) is 34.9 Å². The number of halogens is 1. The van der Waals surface area contributed by atoms with Gasteiger partial charge in [-0.1, -0.05) is 56.3 Å². The number of methoxy groups -OCH3 is 1. The molecule has 1 saturated carbocycles. The largest absolute Gasteiger partial charge is 0.471 e. The topological polar surface area (TPSA) is 26.3 Å². The molecule has 106 valence electrons. The second kappa shape index (κ2) is 8.21. The SMILES string of the molecule is CC1(c2ccc(Cl)cc2)CCCCCC1.COC=O. The highest BCUT2D eigenvalue weighted by Gasteiger charge is 2.27. The van der Waals surface area contributed by atoms with E-state index in [-0.39, 0.29) is 0 Å². The van der Waals surface area contributed by atoms with Crippen molar-refractivity contribution in [1.82, 2.24) is 0 Å². The first-order valence-electron chi connectivity index (χ1n) is 6.85. The molecule has 0 N–H and O–H groups in total. The Hall–Kier alpha value is -1.02. The second-order valence-corrected chi connectivity index (χ2v) is 5.75. The van der Waals surface area contributed by atoms with Crippen LogP contribution in [0.5, 0.6) is 0 Å². The van der Waals surface area contributed by atoms with Crippen molar-refractivity contribution in [2.75, 3.05) is 7.11 Å². The molecule has 0 unspecified atom stereocenters. The van der Waals surface area contributed by atoms with E-state index < -0.39 is 0 Å². The van der Waals surface area contributed by atoms with Gasteiger partial charge < -0.3 is 4.74 Å². The molecule has 0 amide bonds. The lowest BCUT2D eigenvalue weighted by Gasteiger charge is -2.28. The summed E-state index contributed by atoms with van der Waals surface area (Å²) in [7, 11) is 1.31. The molecule has 1 fully saturated rings. The molecule has 0 aromatic heterocycles. The molecular weight excluding hydrogens is 260 g/mol. The highest BCUT2D eigenvalue weighted by Crippen LogP contribution is 2.38. The van der Waals surface area contributed by atoms with E-state index in [0.717, 1.165) is 5.02 Å². The quantitative estimate of drug-likeness (QED) is 0.578. The first-order chi connectivity index (χ1) is 9.12. The molecule has 2 rings (SSSR count). The molecule has 0 spiro atoms. The fourth-order valence-electron chi connectivity index (χ4n) is 2.65. The molecule has 1 aromatic carbocycles. The molecule has 1 aromatic rings. The lowest BCUT2D eigenvalue weighted by Crippen LogP contribution is -2.20. The van der Waals surface area contributed by atoms with Gasteiger partial charge in [0.1, 0.15) is 0 Å². The smallest absolute Gasteiger partial charge is 0.292 e. The Kier molecular flexibility index (Phi) is 6.93. The average molecular weight is 283 g/mol. The van der Waals surface area contributed by atoms with Gasteiger partial charge in [-0.05, 0) is 36.0 Å². The van der Waals surface area contributed by atoms with E-state index in [1.807, 2.05) is 12.1 Å². The number of ether oxygens (including phenoxy) is 1. The Bertz CT molecular complexity index is 365. The highest BCUT2D eigenvalue weighted by molar-refractivity contribution is 6.30. The number of carbonyl (C=O) groups is 1. The molecule has 0 bridgehead atoms. The van der Waals surface area contributed by atoms with Crippen LogP contribution in [-0.4, -0.2) is 13.6 Å². The van der Waals surface area contributed by atoms with Crippen molar-refractivity contribution in [1.29, 1.82) is 0 Å². The second-order valence-electron chi connectivity index (χ2n) is 5.31. The van der Waals surface area contributed by atoms with Gasteiger partial charge in [0, 0.05) is 5.02 Å². The van der Waals surface area contributed by atoms with Gasteiger partial charge >= 0.3 is 0 Å². The number of benzene rings is 1. The summed E-state index contributed by atoms with van der Waals surface area (Å²) in [4.78, 5) is 8.95. The third-order valence-electron chi connectivity index (χ3n) is 3.84. The highest BCUT2D eigenvalue weighted by atomic mass is 35.5. The monoisotopic (exact) mass is 282 g/mol. The minimum Gasteiger partial charge on any atom is -0.471 e. The maximum absolute atomic E-state index is 8.95. The summed E-state index contributed by atoms with van der Waals surface area (Å²) in [6.45, 7) is 2.78. The first-order valence-corrected chi connectivity index (χ1v) is 7.23. The zero-order valence-corrected chi connectivity index (χ0v) is 12.6. The lowest BCUT2D eigenvalue weighted by atomic mass is 9.76. The van der Waals surface area contributed by atoms with E-state index in [9.17, 15) is 0 Å². The maximum atomic E-state index is 8.95. The van der Waals surface area contributed by atoms with Gasteiger partial charge in [-0.25, -0.2) is 0 Å². The van der Waals surface area contributed by atoms with Crippen molar-refractivity contribution in [2.24, 2.45) is 0 Å². The zero-order valence-electron chi connectivity index (χ0n) is 11.8. The maximum Gasteiger partial charge on any atom is 0.292 e. The van der Waals surface area contributed by atoms with Crippen LogP contribution in [-0.2, 0) is 14.9 Å². The number of hydrogen-bond acceptors (Lipinski definition) is 2. The van der Waals surface area contributed by atoms with Crippen LogP contribution in [0.15, 0.2) is 24.3 Å². The number of hydrogen-bond donors (Lipinski definition) is 0. The van der Waals surface area contributed by atoms with E-state index in [1.165, 1.54) is 51.2 Å². The van der Waals surface area contributed by atoms with Crippen LogP contribution >= 0.6 is 11.6 Å². The molecule has 19 heavy (non-hydrogen) atoms. The Balaban J connectivity index is 0.000000399. The summed E-state index contributed by atoms with van der Waals surface area (Å²) in [5, 5.41) is 0.843. The zero-order chi connectivity index (χ0) is 14.1. The van der Waals surface area contributed by atoms with Crippen LogP contribution in [0.4, 0.5) is 0 Å². The third kappa shape index (κ3) is 5.23. The summed E-state index contributed by atoms with van der Waals surface area (Å²) >= 11 is 5.93. The summed E-state index contributed by atoms with van der Waals surface area (Å²) in [6, 6.07) is 8.45. The molecule has 2 nitrogen and oxygen atoms in total. The van der Waals surface area contributed by atoms with E-state index in [1.54, 1.807) is 0 Å². The predicted molar refractivity (Wildman–Crippen MR) is 79.6 cm³/mol. The summed E-state index contributed by atoms with van der Waals surface area (Å²) in [5.41, 5.74) is 1.86.